The van der Waals surface area contributed by atoms with Crippen LogP contribution in [0, 0.1) is 0 Å². The Kier molecular flexibility index (Phi) is 5.11. The first kappa shape index (κ1) is 17.8. The Morgan fingerprint density at radius 3 is 2.69 bits per heavy atom. The number of fused-ring (bicyclic) bond motifs is 1. The molecule has 0 bridgehead atoms. The van der Waals surface area contributed by atoms with Gasteiger partial charge >= 0.3 is 0 Å². The van der Waals surface area contributed by atoms with E-state index in [-0.39, 0.29) is 24.0 Å². The van der Waals surface area contributed by atoms with Crippen molar-refractivity contribution in [2.45, 2.75) is 38.1 Å². The van der Waals surface area contributed by atoms with Gasteiger partial charge in [0.2, 0.25) is 11.8 Å². The minimum absolute atomic E-state index is 0.0889. The summed E-state index contributed by atoms with van der Waals surface area (Å²) in [5, 5.41) is 5.30. The van der Waals surface area contributed by atoms with Gasteiger partial charge in [-0.2, -0.15) is 0 Å². The average molecular weight is 357 g/mol. The summed E-state index contributed by atoms with van der Waals surface area (Å²) in [4.78, 5) is 60.2. The number of amides is 4. The summed E-state index contributed by atoms with van der Waals surface area (Å²) in [6, 6.07) is 3.96. The lowest BCUT2D eigenvalue weighted by molar-refractivity contribution is -0.136. The van der Waals surface area contributed by atoms with Crippen LogP contribution >= 0.6 is 0 Å². The minimum atomic E-state index is -0.972. The van der Waals surface area contributed by atoms with E-state index < -0.39 is 29.7 Å². The Bertz CT molecular complexity index is 789. The Labute approximate surface area is 149 Å². The number of rotatable bonds is 7. The first-order chi connectivity index (χ1) is 12.5. The molecule has 0 saturated carbocycles. The maximum absolute atomic E-state index is 12.8. The number of carbonyl (C=O) groups excluding carboxylic acids is 5. The van der Waals surface area contributed by atoms with Crippen molar-refractivity contribution in [1.29, 1.82) is 0 Å². The summed E-state index contributed by atoms with van der Waals surface area (Å²) in [7, 11) is 0. The third kappa shape index (κ3) is 3.22. The predicted molar refractivity (Wildman–Crippen MR) is 91.5 cm³/mol. The zero-order chi connectivity index (χ0) is 18.7. The fraction of sp³-hybridized carbons (Fsp3) is 0.389. The molecule has 2 aliphatic heterocycles. The van der Waals surface area contributed by atoms with Crippen molar-refractivity contribution in [3.05, 3.63) is 29.3 Å². The minimum Gasteiger partial charge on any atom is -0.384 e. The smallest absolute Gasteiger partial charge is 0.264 e. The molecule has 136 valence electrons. The highest BCUT2D eigenvalue weighted by molar-refractivity contribution is 6.25. The number of aldehydes is 1. The third-order valence-corrected chi connectivity index (χ3v) is 4.53. The molecule has 0 aromatic heterocycles. The number of anilines is 1. The van der Waals surface area contributed by atoms with Crippen LogP contribution in [0.1, 0.15) is 52.8 Å². The van der Waals surface area contributed by atoms with Gasteiger partial charge in [-0.3, -0.25) is 29.4 Å². The van der Waals surface area contributed by atoms with Crippen LogP contribution in [0.4, 0.5) is 5.69 Å². The van der Waals surface area contributed by atoms with E-state index in [2.05, 4.69) is 10.6 Å². The van der Waals surface area contributed by atoms with Gasteiger partial charge in [-0.1, -0.05) is 6.07 Å². The third-order valence-electron chi connectivity index (χ3n) is 4.53. The normalized spacial score (nSPS) is 19.4. The van der Waals surface area contributed by atoms with Crippen molar-refractivity contribution < 1.29 is 24.0 Å². The van der Waals surface area contributed by atoms with Gasteiger partial charge in [-0.05, 0) is 31.4 Å². The monoisotopic (exact) mass is 357 g/mol. The number of nitrogens with zero attached hydrogens (tertiary/aromatic N) is 1. The molecule has 1 atom stereocenters. The van der Waals surface area contributed by atoms with Crippen LogP contribution in [0.3, 0.4) is 0 Å². The van der Waals surface area contributed by atoms with E-state index >= 15 is 0 Å². The molecular weight excluding hydrogens is 338 g/mol. The van der Waals surface area contributed by atoms with Gasteiger partial charge in [-0.15, -0.1) is 0 Å². The summed E-state index contributed by atoms with van der Waals surface area (Å²) in [5.74, 6) is -2.08. The molecule has 3 rings (SSSR count). The Balaban J connectivity index is 1.79. The lowest BCUT2D eigenvalue weighted by Crippen LogP contribution is -2.54. The number of benzene rings is 1. The highest BCUT2D eigenvalue weighted by atomic mass is 16.2. The number of hydrogen-bond donors (Lipinski definition) is 2. The van der Waals surface area contributed by atoms with Gasteiger partial charge in [-0.25, -0.2) is 0 Å². The van der Waals surface area contributed by atoms with Crippen LogP contribution < -0.4 is 10.6 Å². The second-order valence-corrected chi connectivity index (χ2v) is 6.26. The maximum Gasteiger partial charge on any atom is 0.264 e. The fourth-order valence-electron chi connectivity index (χ4n) is 3.24. The quantitative estimate of drug-likeness (QED) is 0.425. The second kappa shape index (κ2) is 7.47. The molecule has 8 heteroatoms. The van der Waals surface area contributed by atoms with Crippen molar-refractivity contribution in [1.82, 2.24) is 10.2 Å². The number of hydrogen-bond acceptors (Lipinski definition) is 6. The van der Waals surface area contributed by atoms with E-state index in [0.717, 1.165) is 24.0 Å². The van der Waals surface area contributed by atoms with E-state index in [4.69, 9.17) is 0 Å². The zero-order valence-corrected chi connectivity index (χ0v) is 14.1. The average Bonchev–Trinajstić information content (AvgIpc) is 2.87. The van der Waals surface area contributed by atoms with E-state index in [1.54, 1.807) is 18.2 Å². The topological polar surface area (TPSA) is 113 Å². The molecule has 0 spiro atoms. The first-order valence-electron chi connectivity index (χ1n) is 8.56. The highest BCUT2D eigenvalue weighted by Crippen LogP contribution is 2.32. The molecule has 8 nitrogen and oxygen atoms in total. The van der Waals surface area contributed by atoms with Crippen LogP contribution in [0.2, 0.25) is 0 Å². The van der Waals surface area contributed by atoms with E-state index in [0.29, 0.717) is 18.7 Å². The Morgan fingerprint density at radius 2 is 1.96 bits per heavy atom. The molecular formula is C18H19N3O5. The summed E-state index contributed by atoms with van der Waals surface area (Å²) < 4.78 is 0. The molecule has 1 unspecified atom stereocenters. The van der Waals surface area contributed by atoms with Gasteiger partial charge in [0.1, 0.15) is 12.3 Å². The van der Waals surface area contributed by atoms with E-state index in [1.807, 2.05) is 0 Å². The molecule has 2 heterocycles. The van der Waals surface area contributed by atoms with Gasteiger partial charge < -0.3 is 10.1 Å². The van der Waals surface area contributed by atoms with Crippen LogP contribution in [0.25, 0.3) is 0 Å². The van der Waals surface area contributed by atoms with Crippen molar-refractivity contribution >= 4 is 35.6 Å². The molecule has 2 N–H and O–H groups in total. The van der Waals surface area contributed by atoms with Crippen LogP contribution in [-0.2, 0) is 14.4 Å². The molecule has 0 radical (unpaired) electrons. The van der Waals surface area contributed by atoms with Crippen molar-refractivity contribution in [3.63, 3.8) is 0 Å². The van der Waals surface area contributed by atoms with Crippen molar-refractivity contribution in [3.8, 4) is 0 Å². The lowest BCUT2D eigenvalue weighted by Gasteiger charge is -2.27. The number of unbranched alkanes of at least 4 members (excludes halogenated alkanes) is 2. The summed E-state index contributed by atoms with van der Waals surface area (Å²) >= 11 is 0. The summed E-state index contributed by atoms with van der Waals surface area (Å²) in [6.45, 7) is 0.560. The lowest BCUT2D eigenvalue weighted by atomic mass is 10.0. The Morgan fingerprint density at radius 1 is 1.15 bits per heavy atom. The largest absolute Gasteiger partial charge is 0.384 e. The highest BCUT2D eigenvalue weighted by Gasteiger charge is 2.45. The van der Waals surface area contributed by atoms with Gasteiger partial charge in [0, 0.05) is 25.1 Å². The number of carbonyl (C=O) groups is 5. The molecule has 1 aromatic carbocycles. The first-order valence-corrected chi connectivity index (χ1v) is 8.56. The van der Waals surface area contributed by atoms with Gasteiger partial charge in [0.25, 0.3) is 11.8 Å². The number of piperidine rings is 1. The van der Waals surface area contributed by atoms with Crippen molar-refractivity contribution in [2.75, 3.05) is 11.9 Å². The molecule has 1 saturated heterocycles. The molecule has 2 aliphatic rings. The zero-order valence-electron chi connectivity index (χ0n) is 14.1. The number of imide groups is 2. The van der Waals surface area contributed by atoms with Gasteiger partial charge in [0.15, 0.2) is 0 Å². The van der Waals surface area contributed by atoms with Crippen molar-refractivity contribution in [2.24, 2.45) is 0 Å². The summed E-state index contributed by atoms with van der Waals surface area (Å²) in [5.41, 5.74) is 1.02. The SMILES string of the molecule is O=CCCCCNc1cccc2c1C(=O)N(C1CCC(=O)NC1=O)C2=O. The standard InChI is InChI=1S/C18H19N3O5/c22-10-3-1-2-9-19-12-6-4-5-11-15(12)18(26)21(17(11)25)13-7-8-14(23)20-16(13)24/h4-6,10,13,19H,1-3,7-9H2,(H,20,23,24). The molecule has 0 aliphatic carbocycles. The predicted octanol–water partition coefficient (Wildman–Crippen LogP) is 0.869. The van der Waals surface area contributed by atoms with E-state index in [1.165, 1.54) is 0 Å². The van der Waals surface area contributed by atoms with Crippen LogP contribution in [0.15, 0.2) is 18.2 Å². The number of nitrogens with one attached hydrogen (secondary N) is 2. The molecule has 4 amide bonds. The fourth-order valence-corrected chi connectivity index (χ4v) is 3.24. The second-order valence-electron chi connectivity index (χ2n) is 6.26. The van der Waals surface area contributed by atoms with Gasteiger partial charge in [0.05, 0.1) is 11.1 Å². The molecule has 26 heavy (non-hydrogen) atoms. The van der Waals surface area contributed by atoms with Crippen LogP contribution in [0.5, 0.6) is 0 Å². The van der Waals surface area contributed by atoms with E-state index in [9.17, 15) is 24.0 Å². The summed E-state index contributed by atoms with van der Waals surface area (Å²) in [6.07, 6.45) is 3.05. The molecule has 1 fully saturated rings. The molecule has 1 aromatic rings. The van der Waals surface area contributed by atoms with Crippen LogP contribution in [-0.4, -0.2) is 47.4 Å². The maximum atomic E-state index is 12.8. The Hall–Kier alpha value is -3.03.